The fraction of sp³-hybridized carbons (Fsp3) is 0.571. The van der Waals surface area contributed by atoms with Crippen molar-refractivity contribution in [2.45, 2.75) is 19.4 Å². The van der Waals surface area contributed by atoms with E-state index in [1.807, 2.05) is 6.07 Å². The summed E-state index contributed by atoms with van der Waals surface area (Å²) in [6.45, 7) is 1.98. The number of hydrogen-bond acceptors (Lipinski definition) is 5. The summed E-state index contributed by atoms with van der Waals surface area (Å²) in [5.74, 6) is 0.537. The summed E-state index contributed by atoms with van der Waals surface area (Å²) < 4.78 is 10.4. The minimum absolute atomic E-state index is 0.000853. The highest BCUT2D eigenvalue weighted by molar-refractivity contribution is 5.83. The molecule has 110 valence electrons. The smallest absolute Gasteiger partial charge is 0.227 e. The monoisotopic (exact) mass is 279 g/mol. The van der Waals surface area contributed by atoms with E-state index >= 15 is 0 Å². The average molecular weight is 279 g/mol. The third-order valence-corrected chi connectivity index (χ3v) is 3.78. The number of pyridine rings is 1. The molecule has 1 aliphatic rings. The first kappa shape index (κ1) is 14.7. The summed E-state index contributed by atoms with van der Waals surface area (Å²) in [5.41, 5.74) is 6.27. The van der Waals surface area contributed by atoms with Gasteiger partial charge in [0.05, 0.1) is 12.5 Å². The number of nitrogens with two attached hydrogens (primary N) is 1. The van der Waals surface area contributed by atoms with Crippen LogP contribution in [-0.2, 0) is 16.1 Å². The molecule has 2 rings (SSSR count). The molecular weight excluding hydrogens is 258 g/mol. The number of carbonyl (C=O) groups excluding carboxylic acids is 1. The van der Waals surface area contributed by atoms with Crippen LogP contribution < -0.4 is 15.8 Å². The molecule has 0 radical (unpaired) electrons. The van der Waals surface area contributed by atoms with E-state index in [0.29, 0.717) is 45.0 Å². The Labute approximate surface area is 118 Å². The van der Waals surface area contributed by atoms with Crippen LogP contribution in [0.2, 0.25) is 0 Å². The van der Waals surface area contributed by atoms with Crippen molar-refractivity contribution in [3.63, 3.8) is 0 Å². The molecule has 20 heavy (non-hydrogen) atoms. The third kappa shape index (κ3) is 3.26. The maximum Gasteiger partial charge on any atom is 0.227 e. The van der Waals surface area contributed by atoms with Crippen molar-refractivity contribution < 1.29 is 14.3 Å². The van der Waals surface area contributed by atoms with E-state index in [0.717, 1.165) is 5.56 Å². The van der Waals surface area contributed by atoms with Crippen molar-refractivity contribution in [2.24, 2.45) is 11.1 Å². The molecular formula is C14H21N3O3. The largest absolute Gasteiger partial charge is 0.481 e. The lowest BCUT2D eigenvalue weighted by atomic mass is 9.79. The zero-order valence-electron chi connectivity index (χ0n) is 11.7. The van der Waals surface area contributed by atoms with Crippen LogP contribution in [0.4, 0.5) is 0 Å². The first-order chi connectivity index (χ1) is 9.70. The van der Waals surface area contributed by atoms with Crippen LogP contribution in [0.1, 0.15) is 18.4 Å². The normalized spacial score (nSPS) is 17.5. The third-order valence-electron chi connectivity index (χ3n) is 3.78. The first-order valence-corrected chi connectivity index (χ1v) is 6.75. The number of nitrogens with one attached hydrogen (secondary N) is 1. The van der Waals surface area contributed by atoms with E-state index in [1.54, 1.807) is 19.4 Å². The summed E-state index contributed by atoms with van der Waals surface area (Å²) in [4.78, 5) is 16.4. The number of aromatic nitrogens is 1. The van der Waals surface area contributed by atoms with Gasteiger partial charge in [-0.3, -0.25) is 4.79 Å². The zero-order valence-corrected chi connectivity index (χ0v) is 11.7. The van der Waals surface area contributed by atoms with Crippen LogP contribution in [-0.4, -0.2) is 37.8 Å². The summed E-state index contributed by atoms with van der Waals surface area (Å²) in [6, 6.07) is 3.65. The Kier molecular flexibility index (Phi) is 4.92. The Morgan fingerprint density at radius 1 is 1.55 bits per heavy atom. The highest BCUT2D eigenvalue weighted by atomic mass is 16.5. The van der Waals surface area contributed by atoms with Crippen LogP contribution in [0.3, 0.4) is 0 Å². The quantitative estimate of drug-likeness (QED) is 0.818. The lowest BCUT2D eigenvalue weighted by Gasteiger charge is -2.34. The lowest BCUT2D eigenvalue weighted by Crippen LogP contribution is -2.48. The standard InChI is InChI=1S/C14H21N3O3/c1-19-12-8-11(2-5-16-12)9-17-13(18)14(10-15)3-6-20-7-4-14/h2,5,8H,3-4,6-7,9-10,15H2,1H3,(H,17,18). The van der Waals surface area contributed by atoms with E-state index in [4.69, 9.17) is 15.2 Å². The van der Waals surface area contributed by atoms with Crippen molar-refractivity contribution in [1.29, 1.82) is 0 Å². The second kappa shape index (κ2) is 6.67. The molecule has 1 aliphatic heterocycles. The maximum absolute atomic E-state index is 12.4. The number of methoxy groups -OCH3 is 1. The van der Waals surface area contributed by atoms with Crippen LogP contribution in [0, 0.1) is 5.41 Å². The lowest BCUT2D eigenvalue weighted by molar-refractivity contribution is -0.136. The van der Waals surface area contributed by atoms with Gasteiger partial charge in [-0.2, -0.15) is 0 Å². The first-order valence-electron chi connectivity index (χ1n) is 6.75. The minimum Gasteiger partial charge on any atom is -0.481 e. The number of amides is 1. The molecule has 0 bridgehead atoms. The molecule has 6 heteroatoms. The molecule has 0 unspecified atom stereocenters. The van der Waals surface area contributed by atoms with Gasteiger partial charge >= 0.3 is 0 Å². The van der Waals surface area contributed by atoms with E-state index in [2.05, 4.69) is 10.3 Å². The SMILES string of the molecule is COc1cc(CNC(=O)C2(CN)CCOCC2)ccn1. The van der Waals surface area contributed by atoms with Gasteiger partial charge in [-0.05, 0) is 24.5 Å². The van der Waals surface area contributed by atoms with Crippen molar-refractivity contribution in [3.05, 3.63) is 23.9 Å². The Bertz CT molecular complexity index is 459. The van der Waals surface area contributed by atoms with Crippen molar-refractivity contribution >= 4 is 5.91 Å². The molecule has 0 aliphatic carbocycles. The highest BCUT2D eigenvalue weighted by Crippen LogP contribution is 2.29. The Hall–Kier alpha value is -1.66. The summed E-state index contributed by atoms with van der Waals surface area (Å²) in [5, 5.41) is 2.95. The molecule has 0 atom stereocenters. The Morgan fingerprint density at radius 2 is 2.30 bits per heavy atom. The zero-order chi connectivity index (χ0) is 14.4. The maximum atomic E-state index is 12.4. The van der Waals surface area contributed by atoms with Gasteiger partial charge in [-0.1, -0.05) is 0 Å². The van der Waals surface area contributed by atoms with E-state index in [1.165, 1.54) is 0 Å². The molecule has 0 spiro atoms. The highest BCUT2D eigenvalue weighted by Gasteiger charge is 2.38. The van der Waals surface area contributed by atoms with Crippen molar-refractivity contribution in [1.82, 2.24) is 10.3 Å². The molecule has 3 N–H and O–H groups in total. The number of rotatable bonds is 5. The fourth-order valence-corrected chi connectivity index (χ4v) is 2.33. The summed E-state index contributed by atoms with van der Waals surface area (Å²) >= 11 is 0. The van der Waals surface area contributed by atoms with E-state index in [-0.39, 0.29) is 5.91 Å². The van der Waals surface area contributed by atoms with Crippen LogP contribution in [0.25, 0.3) is 0 Å². The van der Waals surface area contributed by atoms with Gasteiger partial charge in [0.15, 0.2) is 0 Å². The van der Waals surface area contributed by atoms with Crippen LogP contribution >= 0.6 is 0 Å². The van der Waals surface area contributed by atoms with Gasteiger partial charge in [0.2, 0.25) is 11.8 Å². The second-order valence-corrected chi connectivity index (χ2v) is 4.99. The molecule has 2 heterocycles. The molecule has 6 nitrogen and oxygen atoms in total. The van der Waals surface area contributed by atoms with Crippen LogP contribution in [0.15, 0.2) is 18.3 Å². The number of carbonyl (C=O) groups is 1. The van der Waals surface area contributed by atoms with E-state index in [9.17, 15) is 4.79 Å². The molecule has 0 saturated carbocycles. The minimum atomic E-state index is -0.491. The van der Waals surface area contributed by atoms with Crippen molar-refractivity contribution in [3.8, 4) is 5.88 Å². The number of nitrogens with zero attached hydrogens (tertiary/aromatic N) is 1. The predicted octanol–water partition coefficient (Wildman–Crippen LogP) is 0.462. The predicted molar refractivity (Wildman–Crippen MR) is 74.2 cm³/mol. The van der Waals surface area contributed by atoms with Gasteiger partial charge < -0.3 is 20.5 Å². The van der Waals surface area contributed by atoms with Gasteiger partial charge in [-0.25, -0.2) is 4.98 Å². The van der Waals surface area contributed by atoms with Crippen LogP contribution in [0.5, 0.6) is 5.88 Å². The van der Waals surface area contributed by atoms with Gasteiger partial charge in [-0.15, -0.1) is 0 Å². The molecule has 1 aromatic rings. The summed E-state index contributed by atoms with van der Waals surface area (Å²) in [6.07, 6.45) is 3.01. The summed E-state index contributed by atoms with van der Waals surface area (Å²) in [7, 11) is 1.57. The molecule has 1 aromatic heterocycles. The number of hydrogen-bond donors (Lipinski definition) is 2. The van der Waals surface area contributed by atoms with Gasteiger partial charge in [0, 0.05) is 38.6 Å². The average Bonchev–Trinajstić information content (AvgIpc) is 2.53. The van der Waals surface area contributed by atoms with Gasteiger partial charge in [0.25, 0.3) is 0 Å². The molecule has 0 aromatic carbocycles. The fourth-order valence-electron chi connectivity index (χ4n) is 2.33. The van der Waals surface area contributed by atoms with Gasteiger partial charge in [0.1, 0.15) is 0 Å². The van der Waals surface area contributed by atoms with E-state index < -0.39 is 5.41 Å². The van der Waals surface area contributed by atoms with Crippen molar-refractivity contribution in [2.75, 3.05) is 26.9 Å². The molecule has 1 saturated heterocycles. The topological polar surface area (TPSA) is 86.5 Å². The number of ether oxygens (including phenoxy) is 2. The molecule has 1 amide bonds. The Morgan fingerprint density at radius 3 is 2.95 bits per heavy atom. The second-order valence-electron chi connectivity index (χ2n) is 4.99. The Balaban J connectivity index is 1.96. The molecule has 1 fully saturated rings.